The molecule has 2 saturated heterocycles. The first kappa shape index (κ1) is 10.8. The number of hydrogen-bond donors (Lipinski definition) is 1. The lowest BCUT2D eigenvalue weighted by Gasteiger charge is -2.47. The molecule has 82 valence electrons. The number of thioether (sulfide) groups is 1. The van der Waals surface area contributed by atoms with Gasteiger partial charge in [-0.15, -0.1) is 11.8 Å². The Morgan fingerprint density at radius 2 is 1.86 bits per heavy atom. The Labute approximate surface area is 91.2 Å². The van der Waals surface area contributed by atoms with E-state index < -0.39 is 0 Å². The average Bonchev–Trinajstić information content (AvgIpc) is 1.99. The molecular formula is C11H21NOS. The predicted molar refractivity (Wildman–Crippen MR) is 61.6 cm³/mol. The normalized spacial score (nSPS) is 49.5. The maximum absolute atomic E-state index is 5.80. The van der Waals surface area contributed by atoms with Crippen LogP contribution in [0.25, 0.3) is 0 Å². The molecule has 3 atom stereocenters. The van der Waals surface area contributed by atoms with Crippen LogP contribution in [0.3, 0.4) is 0 Å². The molecule has 0 aromatic carbocycles. The van der Waals surface area contributed by atoms with Gasteiger partial charge in [0, 0.05) is 18.9 Å². The fraction of sp³-hybridized carbons (Fsp3) is 1.00. The molecule has 0 saturated carbocycles. The first-order chi connectivity index (χ1) is 6.60. The van der Waals surface area contributed by atoms with E-state index in [-0.39, 0.29) is 0 Å². The van der Waals surface area contributed by atoms with Crippen LogP contribution in [-0.4, -0.2) is 28.9 Å². The molecule has 3 unspecified atom stereocenters. The zero-order valence-corrected chi connectivity index (χ0v) is 10.2. The van der Waals surface area contributed by atoms with Gasteiger partial charge < -0.3 is 10.1 Å². The molecule has 1 spiro atoms. The molecule has 2 aliphatic rings. The van der Waals surface area contributed by atoms with Gasteiger partial charge in [-0.2, -0.15) is 0 Å². The third-order valence-corrected chi connectivity index (χ3v) is 4.58. The monoisotopic (exact) mass is 215 g/mol. The highest BCUT2D eigenvalue weighted by atomic mass is 32.2. The number of hydrogen-bond acceptors (Lipinski definition) is 3. The Morgan fingerprint density at radius 3 is 2.43 bits per heavy atom. The third kappa shape index (κ3) is 2.26. The lowest BCUT2D eigenvalue weighted by molar-refractivity contribution is -0.0511. The molecule has 2 aliphatic heterocycles. The van der Waals surface area contributed by atoms with E-state index in [4.69, 9.17) is 4.74 Å². The third-order valence-electron chi connectivity index (χ3n) is 3.14. The van der Waals surface area contributed by atoms with Crippen molar-refractivity contribution in [1.82, 2.24) is 5.32 Å². The highest BCUT2D eigenvalue weighted by molar-refractivity contribution is 8.00. The summed E-state index contributed by atoms with van der Waals surface area (Å²) >= 11 is 2.11. The number of rotatable bonds is 0. The van der Waals surface area contributed by atoms with Crippen molar-refractivity contribution < 1.29 is 4.74 Å². The molecule has 1 N–H and O–H groups in total. The van der Waals surface area contributed by atoms with Crippen molar-refractivity contribution in [2.24, 2.45) is 0 Å². The first-order valence-corrected chi connectivity index (χ1v) is 6.65. The summed E-state index contributed by atoms with van der Waals surface area (Å²) in [5.41, 5.74) is 0. The van der Waals surface area contributed by atoms with Crippen LogP contribution in [0.2, 0.25) is 0 Å². The van der Waals surface area contributed by atoms with Crippen LogP contribution < -0.4 is 5.32 Å². The van der Waals surface area contributed by atoms with Crippen LogP contribution in [0, 0.1) is 0 Å². The van der Waals surface area contributed by atoms with Crippen molar-refractivity contribution in [2.75, 3.05) is 5.75 Å². The summed E-state index contributed by atoms with van der Waals surface area (Å²) in [5.74, 6) is 1.30. The topological polar surface area (TPSA) is 21.3 Å². The Hall–Kier alpha value is 0.270. The summed E-state index contributed by atoms with van der Waals surface area (Å²) in [7, 11) is 0. The second kappa shape index (κ2) is 4.03. The standard InChI is InChI=1S/C11H21NOS/c1-8-4-5-14-11(12-8)6-9(2)13-10(3)7-11/h8-10,12H,4-7H2,1-3H3. The molecule has 0 aromatic rings. The van der Waals surface area contributed by atoms with E-state index in [1.165, 1.54) is 12.2 Å². The molecule has 0 aromatic heterocycles. The minimum atomic E-state index is 0.314. The second-order valence-electron chi connectivity index (χ2n) is 4.84. The molecule has 2 nitrogen and oxygen atoms in total. The van der Waals surface area contributed by atoms with Gasteiger partial charge in [-0.05, 0) is 32.9 Å². The van der Waals surface area contributed by atoms with Crippen molar-refractivity contribution in [3.8, 4) is 0 Å². The zero-order valence-electron chi connectivity index (χ0n) is 9.38. The lowest BCUT2D eigenvalue weighted by Crippen LogP contribution is -2.56. The summed E-state index contributed by atoms with van der Waals surface area (Å²) in [4.78, 5) is 0.314. The van der Waals surface area contributed by atoms with Crippen LogP contribution in [0.5, 0.6) is 0 Å². The van der Waals surface area contributed by atoms with E-state index >= 15 is 0 Å². The fourth-order valence-electron chi connectivity index (χ4n) is 2.73. The van der Waals surface area contributed by atoms with Gasteiger partial charge in [-0.25, -0.2) is 0 Å². The predicted octanol–water partition coefficient (Wildman–Crippen LogP) is 2.39. The molecule has 0 radical (unpaired) electrons. The van der Waals surface area contributed by atoms with E-state index in [9.17, 15) is 0 Å². The quantitative estimate of drug-likeness (QED) is 0.670. The van der Waals surface area contributed by atoms with Crippen molar-refractivity contribution >= 4 is 11.8 Å². The Balaban J connectivity index is 2.05. The summed E-state index contributed by atoms with van der Waals surface area (Å²) in [6.45, 7) is 6.68. The van der Waals surface area contributed by atoms with E-state index in [1.54, 1.807) is 0 Å². The van der Waals surface area contributed by atoms with Crippen molar-refractivity contribution in [1.29, 1.82) is 0 Å². The lowest BCUT2D eigenvalue weighted by atomic mass is 9.97. The van der Waals surface area contributed by atoms with Crippen LogP contribution in [0.15, 0.2) is 0 Å². The molecule has 2 rings (SSSR count). The molecule has 0 amide bonds. The van der Waals surface area contributed by atoms with Gasteiger partial charge in [0.25, 0.3) is 0 Å². The molecule has 0 aliphatic carbocycles. The van der Waals surface area contributed by atoms with Gasteiger partial charge in [-0.1, -0.05) is 0 Å². The number of nitrogens with one attached hydrogen (secondary N) is 1. The Morgan fingerprint density at radius 1 is 1.21 bits per heavy atom. The molecule has 3 heteroatoms. The molecule has 2 heterocycles. The SMILES string of the molecule is CC1CCSC2(CC(C)OC(C)C2)N1. The van der Waals surface area contributed by atoms with Gasteiger partial charge in [0.2, 0.25) is 0 Å². The van der Waals surface area contributed by atoms with Crippen molar-refractivity contribution in [3.63, 3.8) is 0 Å². The first-order valence-electron chi connectivity index (χ1n) is 5.67. The van der Waals surface area contributed by atoms with E-state index in [0.29, 0.717) is 23.1 Å². The minimum Gasteiger partial charge on any atom is -0.375 e. The summed E-state index contributed by atoms with van der Waals surface area (Å²) in [6.07, 6.45) is 4.43. The van der Waals surface area contributed by atoms with Crippen molar-refractivity contribution in [3.05, 3.63) is 0 Å². The van der Waals surface area contributed by atoms with E-state index in [1.807, 2.05) is 0 Å². The number of ether oxygens (including phenoxy) is 1. The molecule has 14 heavy (non-hydrogen) atoms. The molecule has 2 fully saturated rings. The van der Waals surface area contributed by atoms with Crippen LogP contribution in [0.1, 0.15) is 40.0 Å². The molecular weight excluding hydrogens is 194 g/mol. The highest BCUT2D eigenvalue weighted by Gasteiger charge is 2.41. The zero-order chi connectivity index (χ0) is 10.2. The van der Waals surface area contributed by atoms with Crippen LogP contribution in [0.4, 0.5) is 0 Å². The van der Waals surface area contributed by atoms with Gasteiger partial charge in [0.05, 0.1) is 17.1 Å². The Kier molecular flexibility index (Phi) is 3.10. The molecule has 0 bridgehead atoms. The second-order valence-corrected chi connectivity index (χ2v) is 6.32. The van der Waals surface area contributed by atoms with Gasteiger partial charge >= 0.3 is 0 Å². The van der Waals surface area contributed by atoms with Crippen molar-refractivity contribution in [2.45, 2.75) is 63.2 Å². The van der Waals surface area contributed by atoms with E-state index in [0.717, 1.165) is 12.8 Å². The summed E-state index contributed by atoms with van der Waals surface area (Å²) in [5, 5.41) is 3.78. The van der Waals surface area contributed by atoms with Gasteiger partial charge in [-0.3, -0.25) is 0 Å². The van der Waals surface area contributed by atoms with Gasteiger partial charge in [0.1, 0.15) is 0 Å². The highest BCUT2D eigenvalue weighted by Crippen LogP contribution is 2.41. The van der Waals surface area contributed by atoms with Crippen LogP contribution in [-0.2, 0) is 4.74 Å². The largest absolute Gasteiger partial charge is 0.375 e. The average molecular weight is 215 g/mol. The smallest absolute Gasteiger partial charge is 0.0696 e. The maximum Gasteiger partial charge on any atom is 0.0696 e. The van der Waals surface area contributed by atoms with Gasteiger partial charge in [0.15, 0.2) is 0 Å². The minimum absolute atomic E-state index is 0.314. The maximum atomic E-state index is 5.80. The fourth-order valence-corrected chi connectivity index (χ4v) is 4.59. The van der Waals surface area contributed by atoms with Crippen LogP contribution >= 0.6 is 11.8 Å². The summed E-state index contributed by atoms with van der Waals surface area (Å²) in [6, 6.07) is 0.675. The Bertz CT molecular complexity index is 194. The summed E-state index contributed by atoms with van der Waals surface area (Å²) < 4.78 is 5.80. The van der Waals surface area contributed by atoms with E-state index in [2.05, 4.69) is 37.8 Å².